The number of carbonyl (C=O) groups excluding carboxylic acids is 2. The quantitative estimate of drug-likeness (QED) is 0.460. The van der Waals surface area contributed by atoms with Crippen molar-refractivity contribution in [1.29, 1.82) is 0 Å². The molecule has 5 rings (SSSR count). The highest BCUT2D eigenvalue weighted by atomic mass is 19.4. The number of H-pyrrole nitrogens is 1. The van der Waals surface area contributed by atoms with Crippen molar-refractivity contribution in [2.45, 2.75) is 12.3 Å². The van der Waals surface area contributed by atoms with Gasteiger partial charge in [-0.3, -0.25) is 10.1 Å². The van der Waals surface area contributed by atoms with E-state index in [1.54, 1.807) is 12.1 Å². The van der Waals surface area contributed by atoms with Gasteiger partial charge < -0.3 is 9.72 Å². The molecule has 9 heteroatoms. The second-order valence-electron chi connectivity index (χ2n) is 7.29. The fraction of sp³-hybridized carbons (Fsp3) is 0.0870. The Morgan fingerprint density at radius 3 is 2.06 bits per heavy atom. The van der Waals surface area contributed by atoms with Crippen LogP contribution in [0.4, 0.5) is 18.0 Å². The fourth-order valence-electron chi connectivity index (χ4n) is 3.57. The maximum atomic E-state index is 12.9. The van der Waals surface area contributed by atoms with Gasteiger partial charge in [0.1, 0.15) is 5.82 Å². The normalized spacial score (nSPS) is 16.3. The van der Waals surface area contributed by atoms with Gasteiger partial charge in [0.2, 0.25) is 6.10 Å². The number of alkyl halides is 3. The summed E-state index contributed by atoms with van der Waals surface area (Å²) in [6, 6.07) is 17.8. The summed E-state index contributed by atoms with van der Waals surface area (Å²) in [4.78, 5) is 30.2. The van der Waals surface area contributed by atoms with Gasteiger partial charge in [-0.05, 0) is 29.3 Å². The summed E-state index contributed by atoms with van der Waals surface area (Å²) >= 11 is 0. The van der Waals surface area contributed by atoms with E-state index in [-0.39, 0.29) is 0 Å². The van der Waals surface area contributed by atoms with Crippen molar-refractivity contribution in [3.05, 3.63) is 77.9 Å². The third-order valence-electron chi connectivity index (χ3n) is 5.20. The monoisotopic (exact) mass is 437 g/mol. The van der Waals surface area contributed by atoms with Crippen LogP contribution in [-0.2, 0) is 15.7 Å². The SMILES string of the molecule is O=C1NC(=O)C(c2ccc(-c3ccc(-c4nc5ccc(C(F)(F)F)cc5[nH]4)cc3)cc2)O1. The molecule has 1 aromatic heterocycles. The molecule has 0 saturated carbocycles. The molecular formula is C23H14F3N3O3. The first-order valence-electron chi connectivity index (χ1n) is 9.57. The predicted octanol–water partition coefficient (Wildman–Crippen LogP) is 5.22. The maximum Gasteiger partial charge on any atom is 0.416 e. The number of nitrogens with zero attached hydrogens (tertiary/aromatic N) is 1. The number of halogens is 3. The zero-order valence-corrected chi connectivity index (χ0v) is 16.2. The van der Waals surface area contributed by atoms with E-state index < -0.39 is 29.8 Å². The number of rotatable bonds is 3. The third kappa shape index (κ3) is 3.58. The van der Waals surface area contributed by atoms with Gasteiger partial charge in [-0.2, -0.15) is 13.2 Å². The van der Waals surface area contributed by atoms with Crippen LogP contribution in [0.1, 0.15) is 17.2 Å². The largest absolute Gasteiger partial charge is 0.431 e. The van der Waals surface area contributed by atoms with Gasteiger partial charge in [-0.15, -0.1) is 0 Å². The summed E-state index contributed by atoms with van der Waals surface area (Å²) < 4.78 is 43.7. The molecule has 0 bridgehead atoms. The Morgan fingerprint density at radius 2 is 1.47 bits per heavy atom. The number of amides is 2. The van der Waals surface area contributed by atoms with Crippen LogP contribution in [0, 0.1) is 0 Å². The summed E-state index contributed by atoms with van der Waals surface area (Å²) in [5.41, 5.74) is 3.09. The molecule has 32 heavy (non-hydrogen) atoms. The van der Waals surface area contributed by atoms with E-state index in [1.165, 1.54) is 6.07 Å². The Kier molecular flexibility index (Phi) is 4.47. The maximum absolute atomic E-state index is 12.9. The van der Waals surface area contributed by atoms with Crippen molar-refractivity contribution >= 4 is 23.0 Å². The van der Waals surface area contributed by atoms with E-state index in [0.29, 0.717) is 22.4 Å². The molecule has 0 aliphatic carbocycles. The molecule has 2 amide bonds. The van der Waals surface area contributed by atoms with Crippen molar-refractivity contribution in [2.75, 3.05) is 0 Å². The minimum absolute atomic E-state index is 0.311. The molecule has 1 aliphatic rings. The molecule has 0 radical (unpaired) electrons. The number of aromatic nitrogens is 2. The lowest BCUT2D eigenvalue weighted by molar-refractivity contribution is -0.137. The van der Waals surface area contributed by atoms with Crippen LogP contribution in [0.2, 0.25) is 0 Å². The van der Waals surface area contributed by atoms with Crippen LogP contribution in [-0.4, -0.2) is 22.0 Å². The number of aromatic amines is 1. The van der Waals surface area contributed by atoms with E-state index in [1.807, 2.05) is 36.4 Å². The summed E-state index contributed by atoms with van der Waals surface area (Å²) in [7, 11) is 0. The predicted molar refractivity (Wildman–Crippen MR) is 109 cm³/mol. The number of cyclic esters (lactones) is 1. The summed E-state index contributed by atoms with van der Waals surface area (Å²) in [6.07, 6.45) is -6.13. The smallest absolute Gasteiger partial charge is 0.416 e. The molecule has 1 saturated heterocycles. The Bertz CT molecular complexity index is 1340. The van der Waals surface area contributed by atoms with Crippen molar-refractivity contribution < 1.29 is 27.5 Å². The van der Waals surface area contributed by atoms with Crippen LogP contribution >= 0.6 is 0 Å². The van der Waals surface area contributed by atoms with Crippen molar-refractivity contribution in [1.82, 2.24) is 15.3 Å². The molecule has 160 valence electrons. The number of imidazole rings is 1. The summed E-state index contributed by atoms with van der Waals surface area (Å²) in [5.74, 6) is -0.0319. The van der Waals surface area contributed by atoms with E-state index in [4.69, 9.17) is 4.74 Å². The number of alkyl carbamates (subject to hydrolysis) is 1. The van der Waals surface area contributed by atoms with Crippen molar-refractivity contribution in [2.24, 2.45) is 0 Å². The summed E-state index contributed by atoms with van der Waals surface area (Å²) in [6.45, 7) is 0. The molecule has 1 fully saturated rings. The van der Waals surface area contributed by atoms with Gasteiger partial charge in [0.25, 0.3) is 5.91 Å². The van der Waals surface area contributed by atoms with E-state index in [2.05, 4.69) is 15.3 Å². The van der Waals surface area contributed by atoms with Crippen LogP contribution in [0.25, 0.3) is 33.5 Å². The van der Waals surface area contributed by atoms with Gasteiger partial charge in [0, 0.05) is 11.1 Å². The minimum Gasteiger partial charge on any atom is -0.431 e. The molecular weight excluding hydrogens is 423 g/mol. The lowest BCUT2D eigenvalue weighted by atomic mass is 10.0. The Balaban J connectivity index is 1.38. The number of imide groups is 1. The third-order valence-corrected chi connectivity index (χ3v) is 5.20. The average Bonchev–Trinajstić information content (AvgIpc) is 3.35. The van der Waals surface area contributed by atoms with E-state index in [9.17, 15) is 22.8 Å². The number of nitrogens with one attached hydrogen (secondary N) is 2. The Labute approximate surface area is 179 Å². The second-order valence-corrected chi connectivity index (χ2v) is 7.29. The first kappa shape index (κ1) is 19.8. The molecule has 2 N–H and O–H groups in total. The lowest BCUT2D eigenvalue weighted by Crippen LogP contribution is -2.20. The van der Waals surface area contributed by atoms with E-state index in [0.717, 1.165) is 28.8 Å². The number of hydrogen-bond donors (Lipinski definition) is 2. The first-order chi connectivity index (χ1) is 15.3. The van der Waals surface area contributed by atoms with Crippen molar-refractivity contribution in [3.8, 4) is 22.5 Å². The molecule has 3 aromatic carbocycles. The van der Waals surface area contributed by atoms with Gasteiger partial charge in [-0.1, -0.05) is 48.5 Å². The van der Waals surface area contributed by atoms with Gasteiger partial charge >= 0.3 is 12.3 Å². The Morgan fingerprint density at radius 1 is 0.844 bits per heavy atom. The van der Waals surface area contributed by atoms with Gasteiger partial charge in [0.05, 0.1) is 16.6 Å². The van der Waals surface area contributed by atoms with Crippen LogP contribution < -0.4 is 5.32 Å². The van der Waals surface area contributed by atoms with Gasteiger partial charge in [0.15, 0.2) is 0 Å². The molecule has 6 nitrogen and oxygen atoms in total. The Hall–Kier alpha value is -4.14. The highest BCUT2D eigenvalue weighted by Gasteiger charge is 2.33. The first-order valence-corrected chi connectivity index (χ1v) is 9.57. The number of fused-ring (bicyclic) bond motifs is 1. The number of ether oxygens (including phenoxy) is 1. The second kappa shape index (κ2) is 7.23. The lowest BCUT2D eigenvalue weighted by Gasteiger charge is -2.08. The number of carbonyl (C=O) groups is 2. The summed E-state index contributed by atoms with van der Waals surface area (Å²) in [5, 5.41) is 2.09. The molecule has 1 aliphatic heterocycles. The topological polar surface area (TPSA) is 84.1 Å². The molecule has 1 unspecified atom stereocenters. The van der Waals surface area contributed by atoms with Crippen LogP contribution in [0.15, 0.2) is 66.7 Å². The number of hydrogen-bond acceptors (Lipinski definition) is 4. The zero-order chi connectivity index (χ0) is 22.5. The fourth-order valence-corrected chi connectivity index (χ4v) is 3.57. The van der Waals surface area contributed by atoms with Crippen LogP contribution in [0.3, 0.4) is 0 Å². The van der Waals surface area contributed by atoms with Crippen LogP contribution in [0.5, 0.6) is 0 Å². The molecule has 4 aromatic rings. The zero-order valence-electron chi connectivity index (χ0n) is 16.2. The highest BCUT2D eigenvalue weighted by Crippen LogP contribution is 2.32. The standard InChI is InChI=1S/C23H14F3N3O3/c24-23(25,26)16-9-10-17-18(11-16)28-20(27-17)15-7-3-13(4-8-15)12-1-5-14(6-2-12)19-21(30)29-22(31)32-19/h1-11,19H,(H,27,28)(H,29,30,31). The average molecular weight is 437 g/mol. The minimum atomic E-state index is -4.42. The highest BCUT2D eigenvalue weighted by molar-refractivity contribution is 6.00. The molecule has 0 spiro atoms. The van der Waals surface area contributed by atoms with E-state index >= 15 is 0 Å². The van der Waals surface area contributed by atoms with Gasteiger partial charge in [-0.25, -0.2) is 9.78 Å². The molecule has 1 atom stereocenters. The number of benzene rings is 3. The molecule has 2 heterocycles. The van der Waals surface area contributed by atoms with Crippen molar-refractivity contribution in [3.63, 3.8) is 0 Å².